The number of para-hydroxylation sites is 1. The first-order valence-corrected chi connectivity index (χ1v) is 6.79. The van der Waals surface area contributed by atoms with Crippen molar-refractivity contribution < 1.29 is 9.84 Å². The number of aromatic amines is 1. The Morgan fingerprint density at radius 2 is 2.00 bits per heavy atom. The summed E-state index contributed by atoms with van der Waals surface area (Å²) >= 11 is 0. The molecule has 0 bridgehead atoms. The monoisotopic (exact) mass is 296 g/mol. The Balaban J connectivity index is 1.91. The van der Waals surface area contributed by atoms with E-state index in [1.54, 1.807) is 25.3 Å². The molecular weight excluding hydrogens is 280 g/mol. The first-order valence-electron chi connectivity index (χ1n) is 6.79. The number of nitrogens with zero attached hydrogens (tertiary/aromatic N) is 2. The topological polar surface area (TPSA) is 97.1 Å². The minimum atomic E-state index is -0.456. The second-order valence-electron chi connectivity index (χ2n) is 4.82. The predicted molar refractivity (Wildman–Crippen MR) is 82.5 cm³/mol. The molecule has 0 radical (unpaired) electrons. The van der Waals surface area contributed by atoms with Crippen LogP contribution in [0.3, 0.4) is 0 Å². The number of aromatic hydroxyl groups is 1. The third-order valence-electron chi connectivity index (χ3n) is 3.40. The predicted octanol–water partition coefficient (Wildman–Crippen LogP) is 2.23. The van der Waals surface area contributed by atoms with Crippen LogP contribution in [-0.2, 0) is 0 Å². The van der Waals surface area contributed by atoms with Crippen LogP contribution < -0.4 is 10.5 Å². The van der Waals surface area contributed by atoms with Crippen molar-refractivity contribution in [2.75, 3.05) is 7.11 Å². The number of ether oxygens (including phenoxy) is 1. The molecule has 0 amide bonds. The van der Waals surface area contributed by atoms with Crippen molar-refractivity contribution >= 4 is 0 Å². The molecule has 4 N–H and O–H groups in total. The summed E-state index contributed by atoms with van der Waals surface area (Å²) < 4.78 is 5.20. The summed E-state index contributed by atoms with van der Waals surface area (Å²) in [5, 5.41) is 16.8. The van der Waals surface area contributed by atoms with Crippen molar-refractivity contribution in [1.29, 1.82) is 0 Å². The molecule has 0 aliphatic rings. The van der Waals surface area contributed by atoms with Gasteiger partial charge in [0.25, 0.3) is 0 Å². The van der Waals surface area contributed by atoms with Crippen LogP contribution in [-0.4, -0.2) is 27.4 Å². The number of phenols is 1. The first kappa shape index (κ1) is 14.1. The van der Waals surface area contributed by atoms with Gasteiger partial charge in [0.2, 0.25) is 0 Å². The molecule has 0 spiro atoms. The summed E-state index contributed by atoms with van der Waals surface area (Å²) in [5.41, 5.74) is 7.64. The van der Waals surface area contributed by atoms with Gasteiger partial charge in [0.15, 0.2) is 5.82 Å². The quantitative estimate of drug-likeness (QED) is 0.686. The third-order valence-corrected chi connectivity index (χ3v) is 3.40. The van der Waals surface area contributed by atoms with E-state index in [2.05, 4.69) is 15.2 Å². The molecule has 0 saturated carbocycles. The smallest absolute Gasteiger partial charge is 0.184 e. The Morgan fingerprint density at radius 3 is 2.77 bits per heavy atom. The molecule has 0 aliphatic heterocycles. The number of hydrogen-bond donors (Lipinski definition) is 3. The van der Waals surface area contributed by atoms with Gasteiger partial charge in [-0.3, -0.25) is 5.10 Å². The van der Waals surface area contributed by atoms with E-state index in [-0.39, 0.29) is 5.75 Å². The number of phenolic OH excluding ortho intramolecular Hbond substituents is 1. The van der Waals surface area contributed by atoms with Crippen LogP contribution in [0, 0.1) is 0 Å². The molecule has 0 fully saturated rings. The zero-order chi connectivity index (χ0) is 15.5. The zero-order valence-electron chi connectivity index (χ0n) is 12.0. The van der Waals surface area contributed by atoms with Gasteiger partial charge < -0.3 is 15.6 Å². The standard InChI is InChI=1S/C16H16N4O2/c1-22-11-6-4-5-10(9-11)14(17)16-18-15(19-20-16)12-7-2-3-8-13(12)21/h2-9,14,21H,17H2,1H3,(H,18,19,20). The van der Waals surface area contributed by atoms with Crippen LogP contribution in [0.25, 0.3) is 11.4 Å². The summed E-state index contributed by atoms with van der Waals surface area (Å²) in [6, 6.07) is 13.9. The van der Waals surface area contributed by atoms with E-state index < -0.39 is 6.04 Å². The molecule has 6 nitrogen and oxygen atoms in total. The number of rotatable bonds is 4. The van der Waals surface area contributed by atoms with Crippen LogP contribution in [0.2, 0.25) is 0 Å². The van der Waals surface area contributed by atoms with Gasteiger partial charge in [-0.2, -0.15) is 5.10 Å². The van der Waals surface area contributed by atoms with Crippen molar-refractivity contribution in [3.05, 3.63) is 59.9 Å². The lowest BCUT2D eigenvalue weighted by Gasteiger charge is -2.09. The van der Waals surface area contributed by atoms with Gasteiger partial charge in [-0.1, -0.05) is 24.3 Å². The van der Waals surface area contributed by atoms with Gasteiger partial charge >= 0.3 is 0 Å². The average Bonchev–Trinajstić information content (AvgIpc) is 3.04. The number of nitrogens with two attached hydrogens (primary N) is 1. The highest BCUT2D eigenvalue weighted by Gasteiger charge is 2.16. The maximum Gasteiger partial charge on any atom is 0.184 e. The van der Waals surface area contributed by atoms with Gasteiger partial charge in [-0.15, -0.1) is 0 Å². The Morgan fingerprint density at radius 1 is 1.18 bits per heavy atom. The van der Waals surface area contributed by atoms with E-state index in [9.17, 15) is 5.11 Å². The van der Waals surface area contributed by atoms with Gasteiger partial charge in [0.05, 0.1) is 18.7 Å². The minimum Gasteiger partial charge on any atom is -0.507 e. The van der Waals surface area contributed by atoms with Crippen LogP contribution in [0.15, 0.2) is 48.5 Å². The second-order valence-corrected chi connectivity index (χ2v) is 4.82. The lowest BCUT2D eigenvalue weighted by atomic mass is 10.1. The molecule has 6 heteroatoms. The van der Waals surface area contributed by atoms with Gasteiger partial charge in [0, 0.05) is 0 Å². The van der Waals surface area contributed by atoms with Crippen LogP contribution in [0.4, 0.5) is 0 Å². The number of hydrogen-bond acceptors (Lipinski definition) is 5. The molecule has 1 aromatic heterocycles. The SMILES string of the molecule is COc1cccc(C(N)c2nc(-c3ccccc3O)n[nH]2)c1. The zero-order valence-corrected chi connectivity index (χ0v) is 12.0. The molecule has 22 heavy (non-hydrogen) atoms. The lowest BCUT2D eigenvalue weighted by molar-refractivity contribution is 0.414. The summed E-state index contributed by atoms with van der Waals surface area (Å²) in [5.74, 6) is 1.79. The fraction of sp³-hybridized carbons (Fsp3) is 0.125. The minimum absolute atomic E-state index is 0.128. The average molecular weight is 296 g/mol. The number of H-pyrrole nitrogens is 1. The van der Waals surface area contributed by atoms with E-state index in [1.165, 1.54) is 0 Å². The lowest BCUT2D eigenvalue weighted by Crippen LogP contribution is -2.13. The summed E-state index contributed by atoms with van der Waals surface area (Å²) in [6.45, 7) is 0. The van der Waals surface area contributed by atoms with Crippen molar-refractivity contribution in [2.24, 2.45) is 5.73 Å². The molecule has 112 valence electrons. The number of aromatic nitrogens is 3. The van der Waals surface area contributed by atoms with Crippen LogP contribution in [0.1, 0.15) is 17.4 Å². The van der Waals surface area contributed by atoms with E-state index in [0.29, 0.717) is 17.2 Å². The molecule has 3 aromatic rings. The summed E-state index contributed by atoms with van der Waals surface area (Å²) in [4.78, 5) is 4.38. The molecule has 1 atom stereocenters. The van der Waals surface area contributed by atoms with Crippen molar-refractivity contribution in [2.45, 2.75) is 6.04 Å². The molecule has 2 aromatic carbocycles. The number of benzene rings is 2. The molecule has 0 aliphatic carbocycles. The van der Waals surface area contributed by atoms with Crippen LogP contribution >= 0.6 is 0 Å². The summed E-state index contributed by atoms with van der Waals surface area (Å²) in [6.07, 6.45) is 0. The van der Waals surface area contributed by atoms with E-state index in [1.807, 2.05) is 30.3 Å². The second kappa shape index (κ2) is 5.87. The maximum absolute atomic E-state index is 9.86. The number of methoxy groups -OCH3 is 1. The molecule has 3 rings (SSSR count). The van der Waals surface area contributed by atoms with Gasteiger partial charge in [-0.05, 0) is 29.8 Å². The van der Waals surface area contributed by atoms with Crippen molar-refractivity contribution in [3.63, 3.8) is 0 Å². The largest absolute Gasteiger partial charge is 0.507 e. The van der Waals surface area contributed by atoms with Crippen molar-refractivity contribution in [1.82, 2.24) is 15.2 Å². The fourth-order valence-corrected chi connectivity index (χ4v) is 2.19. The van der Waals surface area contributed by atoms with E-state index in [4.69, 9.17) is 10.5 Å². The highest BCUT2D eigenvalue weighted by molar-refractivity contribution is 5.63. The molecule has 1 unspecified atom stereocenters. The number of nitrogens with one attached hydrogen (secondary N) is 1. The van der Waals surface area contributed by atoms with Crippen LogP contribution in [0.5, 0.6) is 11.5 Å². The van der Waals surface area contributed by atoms with Gasteiger partial charge in [0.1, 0.15) is 17.3 Å². The molecular formula is C16H16N4O2. The maximum atomic E-state index is 9.86. The Bertz CT molecular complexity index is 785. The molecule has 0 saturated heterocycles. The highest BCUT2D eigenvalue weighted by atomic mass is 16.5. The van der Waals surface area contributed by atoms with Crippen molar-refractivity contribution in [3.8, 4) is 22.9 Å². The molecule has 1 heterocycles. The highest BCUT2D eigenvalue weighted by Crippen LogP contribution is 2.27. The fourth-order valence-electron chi connectivity index (χ4n) is 2.19. The van der Waals surface area contributed by atoms with Gasteiger partial charge in [-0.25, -0.2) is 4.98 Å². The summed E-state index contributed by atoms with van der Waals surface area (Å²) in [7, 11) is 1.61. The van der Waals surface area contributed by atoms with E-state index in [0.717, 1.165) is 11.3 Å². The normalized spacial score (nSPS) is 12.1. The third kappa shape index (κ3) is 2.64. The Hall–Kier alpha value is -2.86. The van der Waals surface area contributed by atoms with E-state index >= 15 is 0 Å². The Kier molecular flexibility index (Phi) is 3.76. The first-order chi connectivity index (χ1) is 10.7. The Labute approximate surface area is 127 Å².